The topological polar surface area (TPSA) is 37.9 Å². The third kappa shape index (κ3) is 2.77. The second-order valence-corrected chi connectivity index (χ2v) is 5.64. The number of nitrogens with one attached hydrogen (secondary N) is 1. The predicted octanol–water partition coefficient (Wildman–Crippen LogP) is 4.57. The third-order valence-electron chi connectivity index (χ3n) is 3.67. The Labute approximate surface area is 125 Å². The van der Waals surface area contributed by atoms with Gasteiger partial charge in [0.25, 0.3) is 0 Å². The number of para-hydroxylation sites is 2. The molecule has 3 nitrogen and oxygen atoms in total. The fourth-order valence-electron chi connectivity index (χ4n) is 2.53. The molecule has 0 fully saturated rings. The number of benzene rings is 2. The van der Waals surface area contributed by atoms with E-state index in [4.69, 9.17) is 4.74 Å². The zero-order valence-corrected chi connectivity index (χ0v) is 12.7. The Morgan fingerprint density at radius 2 is 1.90 bits per heavy atom. The Kier molecular flexibility index (Phi) is 3.65. The van der Waals surface area contributed by atoms with Crippen LogP contribution in [0.25, 0.3) is 11.0 Å². The monoisotopic (exact) mass is 280 g/mol. The van der Waals surface area contributed by atoms with Gasteiger partial charge in [0.05, 0.1) is 11.0 Å². The molecule has 0 radical (unpaired) electrons. The first kappa shape index (κ1) is 13.7. The van der Waals surface area contributed by atoms with Gasteiger partial charge in [-0.3, -0.25) is 0 Å². The van der Waals surface area contributed by atoms with Gasteiger partial charge in [0.1, 0.15) is 18.2 Å². The molecule has 0 aliphatic heterocycles. The Balaban J connectivity index is 1.82. The van der Waals surface area contributed by atoms with Crippen LogP contribution in [0.4, 0.5) is 0 Å². The lowest BCUT2D eigenvalue weighted by atomic mass is 10.0. The zero-order chi connectivity index (χ0) is 14.8. The van der Waals surface area contributed by atoms with Crippen molar-refractivity contribution in [2.75, 3.05) is 0 Å². The van der Waals surface area contributed by atoms with E-state index in [0.29, 0.717) is 12.5 Å². The van der Waals surface area contributed by atoms with Crippen LogP contribution in [-0.4, -0.2) is 9.97 Å². The standard InChI is InChI=1S/C18H20N2O/c1-12(2)14-8-4-5-10-16(14)21-11-17-19-15-9-6-7-13(3)18(15)20-17/h4-10,12H,11H2,1-3H3,(H,19,20). The molecule has 0 saturated carbocycles. The molecule has 3 rings (SSSR count). The van der Waals surface area contributed by atoms with Crippen molar-refractivity contribution in [1.82, 2.24) is 9.97 Å². The van der Waals surface area contributed by atoms with E-state index in [0.717, 1.165) is 22.6 Å². The molecule has 21 heavy (non-hydrogen) atoms. The SMILES string of the molecule is Cc1cccc2[nH]c(COc3ccccc3C(C)C)nc12. The number of nitrogens with zero attached hydrogens (tertiary/aromatic N) is 1. The molecular formula is C18H20N2O. The molecule has 0 amide bonds. The van der Waals surface area contributed by atoms with Gasteiger partial charge < -0.3 is 9.72 Å². The van der Waals surface area contributed by atoms with Crippen molar-refractivity contribution in [3.63, 3.8) is 0 Å². The van der Waals surface area contributed by atoms with Gasteiger partial charge in [-0.1, -0.05) is 44.2 Å². The minimum absolute atomic E-state index is 0.444. The number of H-pyrrole nitrogens is 1. The summed E-state index contributed by atoms with van der Waals surface area (Å²) in [5, 5.41) is 0. The van der Waals surface area contributed by atoms with Crippen molar-refractivity contribution in [3.05, 3.63) is 59.4 Å². The fourth-order valence-corrected chi connectivity index (χ4v) is 2.53. The highest BCUT2D eigenvalue weighted by molar-refractivity contribution is 5.78. The lowest BCUT2D eigenvalue weighted by Gasteiger charge is -2.12. The molecule has 0 bridgehead atoms. The molecule has 3 heteroatoms. The molecule has 108 valence electrons. The lowest BCUT2D eigenvalue weighted by molar-refractivity contribution is 0.293. The van der Waals surface area contributed by atoms with Gasteiger partial charge in [-0.05, 0) is 36.1 Å². The van der Waals surface area contributed by atoms with Crippen molar-refractivity contribution in [2.45, 2.75) is 33.3 Å². The predicted molar refractivity (Wildman–Crippen MR) is 85.7 cm³/mol. The zero-order valence-electron chi connectivity index (χ0n) is 12.7. The quantitative estimate of drug-likeness (QED) is 0.760. The van der Waals surface area contributed by atoms with E-state index in [1.54, 1.807) is 0 Å². The van der Waals surface area contributed by atoms with Crippen LogP contribution in [0, 0.1) is 6.92 Å². The summed E-state index contributed by atoms with van der Waals surface area (Å²) in [5.41, 5.74) is 4.49. The Morgan fingerprint density at radius 3 is 2.67 bits per heavy atom. The van der Waals surface area contributed by atoms with Gasteiger partial charge >= 0.3 is 0 Å². The van der Waals surface area contributed by atoms with Crippen LogP contribution >= 0.6 is 0 Å². The summed E-state index contributed by atoms with van der Waals surface area (Å²) < 4.78 is 5.96. The number of hydrogen-bond acceptors (Lipinski definition) is 2. The van der Waals surface area contributed by atoms with Crippen LogP contribution in [0.5, 0.6) is 5.75 Å². The summed E-state index contributed by atoms with van der Waals surface area (Å²) in [5.74, 6) is 2.24. The number of ether oxygens (including phenoxy) is 1. The number of aromatic nitrogens is 2. The second-order valence-electron chi connectivity index (χ2n) is 5.64. The van der Waals surface area contributed by atoms with Crippen molar-refractivity contribution in [1.29, 1.82) is 0 Å². The Hall–Kier alpha value is -2.29. The van der Waals surface area contributed by atoms with Crippen LogP contribution in [0.3, 0.4) is 0 Å². The summed E-state index contributed by atoms with van der Waals surface area (Å²) in [4.78, 5) is 7.94. The van der Waals surface area contributed by atoms with Gasteiger partial charge in [0.15, 0.2) is 0 Å². The van der Waals surface area contributed by atoms with E-state index in [-0.39, 0.29) is 0 Å². The Bertz CT molecular complexity index is 759. The molecule has 0 saturated heterocycles. The second kappa shape index (κ2) is 5.60. The van der Waals surface area contributed by atoms with Crippen LogP contribution in [0.15, 0.2) is 42.5 Å². The summed E-state index contributed by atoms with van der Waals surface area (Å²) in [6.07, 6.45) is 0. The average Bonchev–Trinajstić information content (AvgIpc) is 2.90. The molecular weight excluding hydrogens is 260 g/mol. The molecule has 3 aromatic rings. The van der Waals surface area contributed by atoms with Crippen LogP contribution in [0.1, 0.15) is 36.7 Å². The maximum Gasteiger partial charge on any atom is 0.146 e. The average molecular weight is 280 g/mol. The third-order valence-corrected chi connectivity index (χ3v) is 3.67. The number of fused-ring (bicyclic) bond motifs is 1. The normalized spacial score (nSPS) is 11.2. The van der Waals surface area contributed by atoms with Crippen molar-refractivity contribution >= 4 is 11.0 Å². The molecule has 0 aliphatic rings. The summed E-state index contributed by atoms with van der Waals surface area (Å²) in [7, 11) is 0. The molecule has 1 heterocycles. The summed E-state index contributed by atoms with van der Waals surface area (Å²) in [6, 6.07) is 14.3. The van der Waals surface area contributed by atoms with E-state index >= 15 is 0 Å². The molecule has 2 aromatic carbocycles. The fraction of sp³-hybridized carbons (Fsp3) is 0.278. The number of aryl methyl sites for hydroxylation is 1. The van der Waals surface area contributed by atoms with Gasteiger partial charge in [-0.15, -0.1) is 0 Å². The van der Waals surface area contributed by atoms with Gasteiger partial charge in [0, 0.05) is 0 Å². The van der Waals surface area contributed by atoms with E-state index in [2.05, 4.69) is 42.9 Å². The van der Waals surface area contributed by atoms with Gasteiger partial charge in [-0.25, -0.2) is 4.98 Å². The van der Waals surface area contributed by atoms with Gasteiger partial charge in [0.2, 0.25) is 0 Å². The van der Waals surface area contributed by atoms with E-state index in [1.165, 1.54) is 11.1 Å². The lowest BCUT2D eigenvalue weighted by Crippen LogP contribution is -2.01. The number of hydrogen-bond donors (Lipinski definition) is 1. The molecule has 1 N–H and O–H groups in total. The minimum atomic E-state index is 0.444. The first-order valence-electron chi connectivity index (χ1n) is 7.31. The van der Waals surface area contributed by atoms with E-state index < -0.39 is 0 Å². The molecule has 1 aromatic heterocycles. The van der Waals surface area contributed by atoms with Crippen LogP contribution < -0.4 is 4.74 Å². The maximum absolute atomic E-state index is 5.96. The number of rotatable bonds is 4. The van der Waals surface area contributed by atoms with E-state index in [1.807, 2.05) is 30.3 Å². The van der Waals surface area contributed by atoms with E-state index in [9.17, 15) is 0 Å². The maximum atomic E-state index is 5.96. The van der Waals surface area contributed by atoms with Crippen molar-refractivity contribution < 1.29 is 4.74 Å². The molecule has 0 aliphatic carbocycles. The van der Waals surface area contributed by atoms with Crippen molar-refractivity contribution in [2.24, 2.45) is 0 Å². The Morgan fingerprint density at radius 1 is 1.10 bits per heavy atom. The van der Waals surface area contributed by atoms with Crippen molar-refractivity contribution in [3.8, 4) is 5.75 Å². The molecule has 0 unspecified atom stereocenters. The highest BCUT2D eigenvalue weighted by atomic mass is 16.5. The summed E-state index contributed by atoms with van der Waals surface area (Å²) >= 11 is 0. The van der Waals surface area contributed by atoms with Gasteiger partial charge in [-0.2, -0.15) is 0 Å². The summed E-state index contributed by atoms with van der Waals surface area (Å²) in [6.45, 7) is 6.87. The number of aromatic amines is 1. The first-order chi connectivity index (χ1) is 10.1. The first-order valence-corrected chi connectivity index (χ1v) is 7.31. The highest BCUT2D eigenvalue weighted by Gasteiger charge is 2.09. The van der Waals surface area contributed by atoms with Crippen LogP contribution in [-0.2, 0) is 6.61 Å². The highest BCUT2D eigenvalue weighted by Crippen LogP contribution is 2.26. The number of imidazole rings is 1. The largest absolute Gasteiger partial charge is 0.485 e. The molecule has 0 atom stereocenters. The smallest absolute Gasteiger partial charge is 0.146 e. The molecule has 0 spiro atoms. The minimum Gasteiger partial charge on any atom is -0.485 e. The van der Waals surface area contributed by atoms with Crippen LogP contribution in [0.2, 0.25) is 0 Å².